The Morgan fingerprint density at radius 2 is 1.83 bits per heavy atom. The first-order chi connectivity index (χ1) is 13.9. The maximum absolute atomic E-state index is 13.6. The molecule has 150 valence electrons. The molecule has 0 aliphatic carbocycles. The quantitative estimate of drug-likeness (QED) is 0.686. The van der Waals surface area contributed by atoms with E-state index < -0.39 is 11.4 Å². The smallest absolute Gasteiger partial charge is 0.288 e. The fourth-order valence-electron chi connectivity index (χ4n) is 4.49. The Morgan fingerprint density at radius 1 is 1.10 bits per heavy atom. The highest BCUT2D eigenvalue weighted by molar-refractivity contribution is 5.97. The lowest BCUT2D eigenvalue weighted by atomic mass is 10.0. The van der Waals surface area contributed by atoms with Crippen molar-refractivity contribution >= 4 is 22.9 Å². The van der Waals surface area contributed by atoms with Crippen LogP contribution in [-0.4, -0.2) is 56.9 Å². The Kier molecular flexibility index (Phi) is 3.94. The number of nitrogens with one attached hydrogen (secondary N) is 2. The maximum atomic E-state index is 13.6. The van der Waals surface area contributed by atoms with Gasteiger partial charge in [-0.15, -0.1) is 0 Å². The number of nitrogens with zero attached hydrogens (tertiary/aromatic N) is 4. The summed E-state index contributed by atoms with van der Waals surface area (Å²) < 4.78 is 13.6. The Hall–Kier alpha value is -3.23. The Bertz CT molecular complexity index is 1170. The molecule has 0 saturated carbocycles. The number of rotatable bonds is 2. The number of hydrogen-bond acceptors (Lipinski definition) is 5. The number of carbonyl (C=O) groups excluding carboxylic acids is 1. The number of aromatic amines is 2. The average Bonchev–Trinajstić information content (AvgIpc) is 3.36. The molecule has 8 nitrogen and oxygen atoms in total. The van der Waals surface area contributed by atoms with E-state index in [-0.39, 0.29) is 11.6 Å². The van der Waals surface area contributed by atoms with Crippen molar-refractivity contribution in [2.24, 2.45) is 11.8 Å². The number of imidazole rings is 1. The van der Waals surface area contributed by atoms with Crippen LogP contribution in [0, 0.1) is 31.5 Å². The van der Waals surface area contributed by atoms with Crippen LogP contribution in [-0.2, 0) is 0 Å². The summed E-state index contributed by atoms with van der Waals surface area (Å²) >= 11 is 0. The van der Waals surface area contributed by atoms with E-state index in [0.717, 1.165) is 16.9 Å². The number of H-pyrrole nitrogens is 2. The van der Waals surface area contributed by atoms with Crippen molar-refractivity contribution in [2.45, 2.75) is 13.8 Å². The molecule has 9 heteroatoms. The fraction of sp³-hybridized carbons (Fsp3) is 0.400. The van der Waals surface area contributed by atoms with Crippen molar-refractivity contribution < 1.29 is 9.18 Å². The second-order valence-electron chi connectivity index (χ2n) is 7.98. The van der Waals surface area contributed by atoms with E-state index in [1.807, 2.05) is 34.9 Å². The van der Waals surface area contributed by atoms with Gasteiger partial charge in [0.2, 0.25) is 11.8 Å². The molecule has 0 bridgehead atoms. The van der Waals surface area contributed by atoms with Gasteiger partial charge < -0.3 is 14.8 Å². The molecule has 2 aromatic heterocycles. The van der Waals surface area contributed by atoms with Gasteiger partial charge in [-0.2, -0.15) is 4.39 Å². The zero-order valence-corrected chi connectivity index (χ0v) is 16.2. The molecular weight excluding hydrogens is 375 g/mol. The summed E-state index contributed by atoms with van der Waals surface area (Å²) in [5.74, 6) is 1.00. The third-order valence-corrected chi connectivity index (χ3v) is 5.94. The molecule has 5 rings (SSSR count). The number of hydrogen-bond donors (Lipinski definition) is 2. The predicted molar refractivity (Wildman–Crippen MR) is 105 cm³/mol. The van der Waals surface area contributed by atoms with E-state index in [1.54, 1.807) is 0 Å². The monoisotopic (exact) mass is 396 g/mol. The average molecular weight is 396 g/mol. The molecule has 2 unspecified atom stereocenters. The molecule has 3 aromatic rings. The van der Waals surface area contributed by atoms with Gasteiger partial charge in [-0.25, -0.2) is 9.97 Å². The van der Waals surface area contributed by atoms with E-state index in [1.165, 1.54) is 6.92 Å². The van der Waals surface area contributed by atoms with Crippen LogP contribution in [0.15, 0.2) is 23.0 Å². The molecule has 2 saturated heterocycles. The van der Waals surface area contributed by atoms with Crippen molar-refractivity contribution in [1.82, 2.24) is 24.8 Å². The van der Waals surface area contributed by atoms with E-state index in [2.05, 4.69) is 19.9 Å². The highest BCUT2D eigenvalue weighted by Gasteiger charge is 2.42. The van der Waals surface area contributed by atoms with Crippen LogP contribution in [0.4, 0.5) is 10.3 Å². The summed E-state index contributed by atoms with van der Waals surface area (Å²) in [6, 6.07) is 5.54. The van der Waals surface area contributed by atoms with E-state index in [4.69, 9.17) is 0 Å². The van der Waals surface area contributed by atoms with E-state index >= 15 is 0 Å². The SMILES string of the molecule is Cc1nc2ccc(C(=O)N3CC4CN(c5nc(C)c(F)c(=O)[nH]5)CC4C3)cc2[nH]1. The Labute approximate surface area is 165 Å². The van der Waals surface area contributed by atoms with Crippen molar-refractivity contribution in [2.75, 3.05) is 31.1 Å². The standard InChI is InChI=1S/C20H21FN6O2/c1-10-17(21)18(28)25-20(22-10)27-8-13-6-26(7-14(13)9-27)19(29)12-3-4-15-16(5-12)24-11(2)23-15/h3-5,13-14H,6-9H2,1-2H3,(H,23,24)(H,22,25,28). The molecule has 2 N–H and O–H groups in total. The molecule has 1 amide bonds. The molecule has 2 fully saturated rings. The van der Waals surface area contributed by atoms with Crippen LogP contribution >= 0.6 is 0 Å². The van der Waals surface area contributed by atoms with Gasteiger partial charge in [0.15, 0.2) is 0 Å². The van der Waals surface area contributed by atoms with Gasteiger partial charge in [0.05, 0.1) is 16.7 Å². The van der Waals surface area contributed by atoms with Crippen LogP contribution < -0.4 is 10.5 Å². The number of anilines is 1. The van der Waals surface area contributed by atoms with Crippen molar-refractivity contribution in [3.8, 4) is 0 Å². The second kappa shape index (κ2) is 6.40. The second-order valence-corrected chi connectivity index (χ2v) is 7.98. The fourth-order valence-corrected chi connectivity index (χ4v) is 4.49. The summed E-state index contributed by atoms with van der Waals surface area (Å²) in [6.07, 6.45) is 0. The predicted octanol–water partition coefficient (Wildman–Crippen LogP) is 1.61. The minimum absolute atomic E-state index is 0.0178. The Morgan fingerprint density at radius 3 is 2.52 bits per heavy atom. The van der Waals surface area contributed by atoms with Crippen molar-refractivity contribution in [3.63, 3.8) is 0 Å². The number of aryl methyl sites for hydroxylation is 2. The molecule has 2 aliphatic heterocycles. The van der Waals surface area contributed by atoms with Gasteiger partial charge in [0, 0.05) is 43.6 Å². The number of halogens is 1. The number of amides is 1. The van der Waals surface area contributed by atoms with Crippen LogP contribution in [0.25, 0.3) is 11.0 Å². The van der Waals surface area contributed by atoms with Gasteiger partial charge in [0.25, 0.3) is 11.5 Å². The number of aromatic nitrogens is 4. The number of fused-ring (bicyclic) bond motifs is 2. The molecule has 1 aromatic carbocycles. The van der Waals surface area contributed by atoms with Crippen molar-refractivity contribution in [1.29, 1.82) is 0 Å². The largest absolute Gasteiger partial charge is 0.342 e. The van der Waals surface area contributed by atoms with Gasteiger partial charge in [-0.3, -0.25) is 14.6 Å². The summed E-state index contributed by atoms with van der Waals surface area (Å²) in [4.78, 5) is 42.8. The molecule has 29 heavy (non-hydrogen) atoms. The molecule has 2 atom stereocenters. The lowest BCUT2D eigenvalue weighted by Gasteiger charge is -2.22. The van der Waals surface area contributed by atoms with Gasteiger partial charge in [0.1, 0.15) is 5.82 Å². The Balaban J connectivity index is 1.30. The molecule has 4 heterocycles. The van der Waals surface area contributed by atoms with Gasteiger partial charge >= 0.3 is 0 Å². The topological polar surface area (TPSA) is 98.0 Å². The molecular formula is C20H21FN6O2. The zero-order valence-electron chi connectivity index (χ0n) is 16.2. The van der Waals surface area contributed by atoms with Gasteiger partial charge in [-0.1, -0.05) is 0 Å². The molecule has 0 spiro atoms. The summed E-state index contributed by atoms with van der Waals surface area (Å²) in [6.45, 7) is 6.06. The van der Waals surface area contributed by atoms with E-state index in [0.29, 0.717) is 49.5 Å². The third kappa shape index (κ3) is 2.97. The molecule has 0 radical (unpaired) electrons. The van der Waals surface area contributed by atoms with Crippen LogP contribution in [0.5, 0.6) is 0 Å². The highest BCUT2D eigenvalue weighted by Crippen LogP contribution is 2.33. The summed E-state index contributed by atoms with van der Waals surface area (Å²) in [5.41, 5.74) is 1.72. The number of benzene rings is 1. The first-order valence-electron chi connectivity index (χ1n) is 9.66. The first-order valence-corrected chi connectivity index (χ1v) is 9.66. The minimum Gasteiger partial charge on any atom is -0.342 e. The highest BCUT2D eigenvalue weighted by atomic mass is 19.1. The summed E-state index contributed by atoms with van der Waals surface area (Å²) in [7, 11) is 0. The normalized spacial score (nSPS) is 21.2. The number of carbonyl (C=O) groups is 1. The van der Waals surface area contributed by atoms with Crippen LogP contribution in [0.3, 0.4) is 0 Å². The van der Waals surface area contributed by atoms with Crippen LogP contribution in [0.1, 0.15) is 21.9 Å². The minimum atomic E-state index is -0.839. The lowest BCUT2D eigenvalue weighted by Crippen LogP contribution is -2.34. The number of likely N-dealkylation sites (tertiary alicyclic amines) is 1. The molecule has 2 aliphatic rings. The summed E-state index contributed by atoms with van der Waals surface area (Å²) in [5, 5.41) is 0. The lowest BCUT2D eigenvalue weighted by molar-refractivity contribution is 0.0782. The first kappa shape index (κ1) is 17.8. The third-order valence-electron chi connectivity index (χ3n) is 5.94. The van der Waals surface area contributed by atoms with E-state index in [9.17, 15) is 14.0 Å². The van der Waals surface area contributed by atoms with Gasteiger partial charge in [-0.05, 0) is 32.0 Å². The van der Waals surface area contributed by atoms with Crippen LogP contribution in [0.2, 0.25) is 0 Å². The maximum Gasteiger partial charge on any atom is 0.288 e. The van der Waals surface area contributed by atoms with Crippen molar-refractivity contribution in [3.05, 3.63) is 51.5 Å². The zero-order chi connectivity index (χ0) is 20.3.